The van der Waals surface area contributed by atoms with Crippen LogP contribution in [0.1, 0.15) is 42.8 Å². The first-order chi connectivity index (χ1) is 18.2. The van der Waals surface area contributed by atoms with Gasteiger partial charge >= 0.3 is 0 Å². The van der Waals surface area contributed by atoms with Crippen LogP contribution in [0.2, 0.25) is 10.0 Å². The molecule has 0 amide bonds. The molecule has 1 aromatic carbocycles. The molecule has 1 saturated heterocycles. The minimum Gasteiger partial charge on any atom is -0.493 e. The monoisotopic (exact) mass is 551 g/mol. The molecule has 2 unspecified atom stereocenters. The Morgan fingerprint density at radius 1 is 1.24 bits per heavy atom. The number of aromatic amines is 1. The van der Waals surface area contributed by atoms with Crippen molar-refractivity contribution in [3.63, 3.8) is 0 Å². The summed E-state index contributed by atoms with van der Waals surface area (Å²) in [5.74, 6) is 1.69. The highest BCUT2D eigenvalue weighted by molar-refractivity contribution is 6.35. The summed E-state index contributed by atoms with van der Waals surface area (Å²) in [5, 5.41) is 19.3. The van der Waals surface area contributed by atoms with Gasteiger partial charge in [-0.1, -0.05) is 23.2 Å². The van der Waals surface area contributed by atoms with Gasteiger partial charge in [0.05, 0.1) is 45.5 Å². The van der Waals surface area contributed by atoms with Crippen LogP contribution < -0.4 is 14.4 Å². The van der Waals surface area contributed by atoms with Gasteiger partial charge in [0, 0.05) is 42.2 Å². The van der Waals surface area contributed by atoms with Gasteiger partial charge in [-0.3, -0.25) is 10.1 Å². The fraction of sp³-hybridized carbons (Fsp3) is 0.333. The van der Waals surface area contributed by atoms with E-state index in [2.05, 4.69) is 43.0 Å². The highest BCUT2D eigenvalue weighted by Crippen LogP contribution is 2.49. The van der Waals surface area contributed by atoms with E-state index in [9.17, 15) is 5.26 Å². The first-order valence-corrected chi connectivity index (χ1v) is 12.8. The van der Waals surface area contributed by atoms with Crippen LogP contribution in [-0.4, -0.2) is 58.4 Å². The largest absolute Gasteiger partial charge is 0.493 e. The van der Waals surface area contributed by atoms with Crippen molar-refractivity contribution in [3.05, 3.63) is 69.7 Å². The number of fused-ring (bicyclic) bond motifs is 1. The van der Waals surface area contributed by atoms with Crippen molar-refractivity contribution in [3.8, 4) is 17.6 Å². The zero-order valence-corrected chi connectivity index (χ0v) is 23.2. The lowest BCUT2D eigenvalue weighted by atomic mass is 9.77. The van der Waals surface area contributed by atoms with Crippen LogP contribution in [0.5, 0.6) is 11.5 Å². The summed E-state index contributed by atoms with van der Waals surface area (Å²) in [7, 11) is 5.68. The highest BCUT2D eigenvalue weighted by atomic mass is 35.5. The Morgan fingerprint density at radius 2 is 1.97 bits per heavy atom. The smallest absolute Gasteiger partial charge is 0.163 e. The van der Waals surface area contributed by atoms with Gasteiger partial charge < -0.3 is 19.3 Å². The fourth-order valence-corrected chi connectivity index (χ4v) is 5.74. The molecule has 0 saturated carbocycles. The molecule has 4 aromatic rings. The summed E-state index contributed by atoms with van der Waals surface area (Å²) in [6, 6.07) is 9.42. The summed E-state index contributed by atoms with van der Waals surface area (Å²) >= 11 is 12.8. The Morgan fingerprint density at radius 3 is 2.63 bits per heavy atom. The van der Waals surface area contributed by atoms with Crippen LogP contribution in [0, 0.1) is 11.3 Å². The van der Waals surface area contributed by atoms with E-state index in [0.717, 1.165) is 16.6 Å². The maximum Gasteiger partial charge on any atom is 0.163 e. The van der Waals surface area contributed by atoms with E-state index in [1.807, 2.05) is 33.2 Å². The van der Waals surface area contributed by atoms with Gasteiger partial charge in [0.2, 0.25) is 0 Å². The molecule has 9 nitrogen and oxygen atoms in total. The predicted octanol–water partition coefficient (Wildman–Crippen LogP) is 5.56. The number of hydrogen-bond donors (Lipinski definition) is 1. The van der Waals surface area contributed by atoms with Gasteiger partial charge in [0.25, 0.3) is 0 Å². The van der Waals surface area contributed by atoms with Crippen molar-refractivity contribution < 1.29 is 9.47 Å². The zero-order valence-electron chi connectivity index (χ0n) is 21.7. The van der Waals surface area contributed by atoms with Crippen LogP contribution in [-0.2, 0) is 0 Å². The Labute approximate surface area is 230 Å². The topological polar surface area (TPSA) is 103 Å². The number of H-pyrrole nitrogens is 1. The Bertz CT molecular complexity index is 1530. The van der Waals surface area contributed by atoms with Gasteiger partial charge in [0.1, 0.15) is 18.0 Å². The number of halogens is 2. The predicted molar refractivity (Wildman–Crippen MR) is 147 cm³/mol. The van der Waals surface area contributed by atoms with Gasteiger partial charge in [-0.2, -0.15) is 10.4 Å². The SMILES string of the molecule is COc1cc2n[nH]c(C3N(c4ncccc4C#N)CC3(C)N(C)C)c2cc1O[C@H](C)c1c(Cl)cncc1Cl. The number of aromatic nitrogens is 4. The summed E-state index contributed by atoms with van der Waals surface area (Å²) < 4.78 is 12.0. The van der Waals surface area contributed by atoms with Crippen molar-refractivity contribution in [1.29, 1.82) is 5.26 Å². The van der Waals surface area contributed by atoms with Crippen LogP contribution in [0.3, 0.4) is 0 Å². The molecule has 3 atom stereocenters. The van der Waals surface area contributed by atoms with E-state index in [1.165, 1.54) is 12.4 Å². The number of rotatable bonds is 7. The van der Waals surface area contributed by atoms with Gasteiger partial charge in [-0.25, -0.2) is 4.98 Å². The van der Waals surface area contributed by atoms with E-state index in [4.69, 9.17) is 32.7 Å². The Balaban J connectivity index is 1.60. The second-order valence-electron chi connectivity index (χ2n) is 9.70. The third-order valence-electron chi connectivity index (χ3n) is 7.34. The van der Waals surface area contributed by atoms with E-state index in [1.54, 1.807) is 25.4 Å². The molecule has 3 aromatic heterocycles. The third kappa shape index (κ3) is 4.19. The Hall–Kier alpha value is -3.58. The molecule has 196 valence electrons. The van der Waals surface area contributed by atoms with Crippen molar-refractivity contribution in [2.24, 2.45) is 0 Å². The number of likely N-dealkylation sites (N-methyl/N-ethyl adjacent to an activating group) is 1. The summed E-state index contributed by atoms with van der Waals surface area (Å²) in [4.78, 5) is 12.9. The number of nitrogens with one attached hydrogen (secondary N) is 1. The van der Waals surface area contributed by atoms with Gasteiger partial charge in [-0.15, -0.1) is 0 Å². The molecule has 1 N–H and O–H groups in total. The van der Waals surface area contributed by atoms with Crippen molar-refractivity contribution in [2.45, 2.75) is 31.5 Å². The maximum absolute atomic E-state index is 9.73. The number of benzene rings is 1. The van der Waals surface area contributed by atoms with Crippen LogP contribution in [0.15, 0.2) is 42.9 Å². The molecule has 5 rings (SSSR count). The molecule has 1 fully saturated rings. The fourth-order valence-electron chi connectivity index (χ4n) is 5.07. The number of nitriles is 1. The summed E-state index contributed by atoms with van der Waals surface area (Å²) in [6.45, 7) is 4.74. The van der Waals surface area contributed by atoms with Gasteiger partial charge in [-0.05, 0) is 46.1 Å². The number of methoxy groups -OCH3 is 1. The lowest BCUT2D eigenvalue weighted by Crippen LogP contribution is -2.69. The molecular weight excluding hydrogens is 525 g/mol. The molecule has 0 aliphatic carbocycles. The summed E-state index contributed by atoms with van der Waals surface area (Å²) in [5.41, 5.74) is 2.52. The molecule has 0 spiro atoms. The minimum atomic E-state index is -0.473. The normalized spacial score (nSPS) is 19.8. The molecule has 0 radical (unpaired) electrons. The maximum atomic E-state index is 9.73. The first-order valence-electron chi connectivity index (χ1n) is 12.0. The number of anilines is 1. The molecule has 4 heterocycles. The van der Waals surface area contributed by atoms with E-state index in [-0.39, 0.29) is 11.6 Å². The molecule has 1 aliphatic heterocycles. The molecule has 38 heavy (non-hydrogen) atoms. The molecular formula is C27H27Cl2N7O2. The van der Waals surface area contributed by atoms with E-state index >= 15 is 0 Å². The highest BCUT2D eigenvalue weighted by Gasteiger charge is 2.54. The van der Waals surface area contributed by atoms with Crippen LogP contribution >= 0.6 is 23.2 Å². The second-order valence-corrected chi connectivity index (χ2v) is 10.5. The van der Waals surface area contributed by atoms with E-state index < -0.39 is 6.10 Å². The Kier molecular flexibility index (Phi) is 6.82. The standard InChI is InChI=1S/C27H27Cl2N7O2/c1-15(23-18(28)12-31-13-19(23)29)38-22-9-17-20(10-21(22)37-5)33-34-24(17)25-27(2,35(3)4)14-36(25)26-16(11-30)7-6-8-32-26/h6-10,12-13,15,25H,14H2,1-5H3,(H,33,34)/t15-,25?,27?/m1/s1. The summed E-state index contributed by atoms with van der Waals surface area (Å²) in [6.07, 6.45) is 4.31. The minimum absolute atomic E-state index is 0.160. The molecule has 1 aliphatic rings. The lowest BCUT2D eigenvalue weighted by Gasteiger charge is -2.59. The number of nitrogens with zero attached hydrogens (tertiary/aromatic N) is 6. The number of ether oxygens (including phenoxy) is 2. The third-order valence-corrected chi connectivity index (χ3v) is 7.94. The van der Waals surface area contributed by atoms with E-state index in [0.29, 0.717) is 45.0 Å². The quantitative estimate of drug-likeness (QED) is 0.318. The van der Waals surface area contributed by atoms with Crippen LogP contribution in [0.25, 0.3) is 10.9 Å². The lowest BCUT2D eigenvalue weighted by molar-refractivity contribution is 0.0744. The van der Waals surface area contributed by atoms with Crippen molar-refractivity contribution in [2.75, 3.05) is 32.6 Å². The first kappa shape index (κ1) is 26.0. The average molecular weight is 552 g/mol. The molecule has 11 heteroatoms. The van der Waals surface area contributed by atoms with Crippen molar-refractivity contribution >= 4 is 39.9 Å². The number of hydrogen-bond acceptors (Lipinski definition) is 8. The van der Waals surface area contributed by atoms with Crippen LogP contribution in [0.4, 0.5) is 5.82 Å². The molecule has 0 bridgehead atoms. The second kappa shape index (κ2) is 9.95. The zero-order chi connectivity index (χ0) is 27.2. The van der Waals surface area contributed by atoms with Crippen molar-refractivity contribution in [1.82, 2.24) is 25.1 Å². The van der Waals surface area contributed by atoms with Gasteiger partial charge in [0.15, 0.2) is 11.5 Å². The average Bonchev–Trinajstić information content (AvgIpc) is 3.27. The number of pyridine rings is 2.